The molecule has 6 heteroatoms. The molecule has 0 saturated carbocycles. The Kier molecular flexibility index (Phi) is 54.9. The third-order valence-electron chi connectivity index (χ3n) is 12.3. The predicted molar refractivity (Wildman–Crippen MR) is 302 cm³/mol. The second-order valence-corrected chi connectivity index (χ2v) is 19.2. The Morgan fingerprint density at radius 1 is 0.300 bits per heavy atom. The van der Waals surface area contributed by atoms with E-state index in [0.29, 0.717) is 19.3 Å². The summed E-state index contributed by atoms with van der Waals surface area (Å²) in [5.74, 6) is -1.000. The Labute approximate surface area is 432 Å². The molecular formula is C64H108O6. The number of unbranched alkanes of at least 4 members (excludes halogenated alkanes) is 25. The van der Waals surface area contributed by atoms with E-state index in [-0.39, 0.29) is 37.5 Å². The summed E-state index contributed by atoms with van der Waals surface area (Å²) in [4.78, 5) is 38.2. The van der Waals surface area contributed by atoms with Gasteiger partial charge in [0.1, 0.15) is 13.2 Å². The van der Waals surface area contributed by atoms with Crippen molar-refractivity contribution in [3.63, 3.8) is 0 Å². The minimum absolute atomic E-state index is 0.107. The van der Waals surface area contributed by atoms with Gasteiger partial charge in [-0.15, -0.1) is 0 Å². The molecule has 0 spiro atoms. The van der Waals surface area contributed by atoms with Gasteiger partial charge in [0.05, 0.1) is 0 Å². The number of carbonyl (C=O) groups excluding carboxylic acids is 3. The highest BCUT2D eigenvalue weighted by Crippen LogP contribution is 2.16. The molecule has 0 aromatic rings. The quantitative estimate of drug-likeness (QED) is 0.0262. The van der Waals surface area contributed by atoms with Gasteiger partial charge in [-0.2, -0.15) is 0 Å². The van der Waals surface area contributed by atoms with Crippen LogP contribution in [0.4, 0.5) is 0 Å². The monoisotopic (exact) mass is 973 g/mol. The van der Waals surface area contributed by atoms with Crippen LogP contribution in [-0.2, 0) is 28.6 Å². The van der Waals surface area contributed by atoms with E-state index in [2.05, 4.69) is 112 Å². The van der Waals surface area contributed by atoms with Gasteiger partial charge in [0, 0.05) is 19.3 Å². The number of allylic oxidation sites excluding steroid dienone is 16. The molecule has 0 unspecified atom stereocenters. The molecule has 70 heavy (non-hydrogen) atoms. The molecule has 0 saturated heterocycles. The molecule has 0 amide bonds. The summed E-state index contributed by atoms with van der Waals surface area (Å²) in [5.41, 5.74) is 0. The molecule has 0 radical (unpaired) electrons. The fraction of sp³-hybridized carbons (Fsp3) is 0.703. The van der Waals surface area contributed by atoms with E-state index in [1.807, 2.05) is 6.08 Å². The molecule has 400 valence electrons. The highest BCUT2D eigenvalue weighted by Gasteiger charge is 2.19. The van der Waals surface area contributed by atoms with Gasteiger partial charge in [-0.3, -0.25) is 14.4 Å². The van der Waals surface area contributed by atoms with Gasteiger partial charge in [0.2, 0.25) is 0 Å². The Morgan fingerprint density at radius 3 is 0.986 bits per heavy atom. The Morgan fingerprint density at radius 2 is 0.586 bits per heavy atom. The second-order valence-electron chi connectivity index (χ2n) is 19.2. The van der Waals surface area contributed by atoms with Gasteiger partial charge in [0.15, 0.2) is 6.10 Å². The van der Waals surface area contributed by atoms with Gasteiger partial charge in [0.25, 0.3) is 0 Å². The van der Waals surface area contributed by atoms with Gasteiger partial charge >= 0.3 is 17.9 Å². The molecule has 0 aliphatic rings. The number of rotatable bonds is 52. The number of hydrogen-bond acceptors (Lipinski definition) is 6. The topological polar surface area (TPSA) is 78.9 Å². The zero-order valence-corrected chi connectivity index (χ0v) is 45.8. The molecule has 0 heterocycles. The molecule has 0 fully saturated rings. The van der Waals surface area contributed by atoms with Crippen molar-refractivity contribution >= 4 is 17.9 Å². The first-order valence-electron chi connectivity index (χ1n) is 29.2. The van der Waals surface area contributed by atoms with Crippen molar-refractivity contribution in [3.8, 4) is 0 Å². The third-order valence-corrected chi connectivity index (χ3v) is 12.3. The van der Waals surface area contributed by atoms with Crippen molar-refractivity contribution in [2.45, 2.75) is 277 Å². The number of ether oxygens (including phenoxy) is 3. The third kappa shape index (κ3) is 55.3. The van der Waals surface area contributed by atoms with Crippen molar-refractivity contribution in [1.82, 2.24) is 0 Å². The van der Waals surface area contributed by atoms with Crippen LogP contribution in [0.3, 0.4) is 0 Å². The Balaban J connectivity index is 4.50. The lowest BCUT2D eigenvalue weighted by Crippen LogP contribution is -2.30. The fourth-order valence-corrected chi connectivity index (χ4v) is 7.97. The second kappa shape index (κ2) is 57.9. The van der Waals surface area contributed by atoms with Gasteiger partial charge in [-0.05, 0) is 89.9 Å². The average Bonchev–Trinajstić information content (AvgIpc) is 3.36. The fourth-order valence-electron chi connectivity index (χ4n) is 7.97. The van der Waals surface area contributed by atoms with Crippen molar-refractivity contribution in [2.75, 3.05) is 13.2 Å². The van der Waals surface area contributed by atoms with Crippen LogP contribution in [-0.4, -0.2) is 37.2 Å². The molecule has 0 aliphatic heterocycles. The lowest BCUT2D eigenvalue weighted by Gasteiger charge is -2.18. The summed E-state index contributed by atoms with van der Waals surface area (Å²) in [6, 6.07) is 0. The van der Waals surface area contributed by atoms with Gasteiger partial charge in [-0.1, -0.05) is 259 Å². The van der Waals surface area contributed by atoms with Crippen molar-refractivity contribution < 1.29 is 28.6 Å². The molecular weight excluding hydrogens is 865 g/mol. The van der Waals surface area contributed by atoms with Crippen LogP contribution in [0.5, 0.6) is 0 Å². The number of carbonyl (C=O) groups is 3. The first-order chi connectivity index (χ1) is 34.5. The lowest BCUT2D eigenvalue weighted by molar-refractivity contribution is -0.166. The summed E-state index contributed by atoms with van der Waals surface area (Å²) in [6.45, 7) is 6.44. The van der Waals surface area contributed by atoms with Crippen LogP contribution >= 0.6 is 0 Å². The maximum absolute atomic E-state index is 12.9. The van der Waals surface area contributed by atoms with Gasteiger partial charge < -0.3 is 14.2 Å². The first-order valence-corrected chi connectivity index (χ1v) is 29.2. The average molecular weight is 974 g/mol. The lowest BCUT2D eigenvalue weighted by atomic mass is 10.0. The molecule has 0 N–H and O–H groups in total. The van der Waals surface area contributed by atoms with Crippen LogP contribution in [0.2, 0.25) is 0 Å². The van der Waals surface area contributed by atoms with Crippen LogP contribution < -0.4 is 0 Å². The normalized spacial score (nSPS) is 12.8. The SMILES string of the molecule is CC/C=C/C/C=C/C/C=C/C/C=C/C/C=C/C/C=C/CCC(=O)OC[C@@H](COC(=O)CCCCCCC/C=C/C/C=C/CCCCC)OC(=O)CCCCCCCCCCCCCCCCCCCC. The van der Waals surface area contributed by atoms with E-state index in [4.69, 9.17) is 14.2 Å². The molecule has 0 aromatic carbocycles. The summed E-state index contributed by atoms with van der Waals surface area (Å²) >= 11 is 0. The Hall–Kier alpha value is -3.67. The minimum atomic E-state index is -0.813. The predicted octanol–water partition coefficient (Wildman–Crippen LogP) is 19.7. The smallest absolute Gasteiger partial charge is 0.306 e. The highest BCUT2D eigenvalue weighted by atomic mass is 16.6. The largest absolute Gasteiger partial charge is 0.462 e. The van der Waals surface area contributed by atoms with Gasteiger partial charge in [-0.25, -0.2) is 0 Å². The van der Waals surface area contributed by atoms with Crippen molar-refractivity contribution in [2.24, 2.45) is 0 Å². The Bertz CT molecular complexity index is 1400. The molecule has 6 nitrogen and oxygen atoms in total. The van der Waals surface area contributed by atoms with Crippen LogP contribution in [0.1, 0.15) is 271 Å². The highest BCUT2D eigenvalue weighted by molar-refractivity contribution is 5.71. The van der Waals surface area contributed by atoms with E-state index >= 15 is 0 Å². The van der Waals surface area contributed by atoms with Crippen LogP contribution in [0.15, 0.2) is 97.2 Å². The number of hydrogen-bond donors (Lipinski definition) is 0. The summed E-state index contributed by atoms with van der Waals surface area (Å²) < 4.78 is 16.8. The summed E-state index contributed by atoms with van der Waals surface area (Å²) in [5, 5.41) is 0. The molecule has 0 rings (SSSR count). The first kappa shape index (κ1) is 66.3. The van der Waals surface area contributed by atoms with E-state index < -0.39 is 6.10 Å². The zero-order chi connectivity index (χ0) is 50.7. The maximum Gasteiger partial charge on any atom is 0.306 e. The van der Waals surface area contributed by atoms with E-state index in [0.717, 1.165) is 103 Å². The number of esters is 3. The standard InChI is InChI=1S/C64H108O6/c1-4-7-10-13-16-19-22-25-28-30-32-34-36-39-42-45-48-51-54-57-63(66)69-60-61(59-68-62(65)56-53-50-47-44-41-38-35-27-24-21-18-15-12-9-6-3)70-64(67)58-55-52-49-46-43-40-37-33-31-29-26-23-20-17-14-11-8-5-2/h7,10,16,18-19,21,25,27-28,32,34-35,39,42,48,51,61H,4-6,8-9,11-15,17,20,22-24,26,29-31,33,36-38,40-41,43-47,49-50,52-60H2,1-3H3/b10-7+,19-16+,21-18+,28-25+,34-32+,35-27+,42-39+,51-48+/t61-/m1/s1. The van der Waals surface area contributed by atoms with E-state index in [1.165, 1.54) is 122 Å². The van der Waals surface area contributed by atoms with E-state index in [9.17, 15) is 14.4 Å². The van der Waals surface area contributed by atoms with E-state index in [1.54, 1.807) is 0 Å². The maximum atomic E-state index is 12.9. The molecule has 0 aromatic heterocycles. The minimum Gasteiger partial charge on any atom is -0.462 e. The van der Waals surface area contributed by atoms with Crippen LogP contribution in [0.25, 0.3) is 0 Å². The molecule has 0 aliphatic carbocycles. The molecule has 0 bridgehead atoms. The van der Waals surface area contributed by atoms with Crippen molar-refractivity contribution in [3.05, 3.63) is 97.2 Å². The van der Waals surface area contributed by atoms with Crippen LogP contribution in [0, 0.1) is 0 Å². The zero-order valence-electron chi connectivity index (χ0n) is 45.8. The summed E-state index contributed by atoms with van der Waals surface area (Å²) in [6.07, 6.45) is 76.9. The summed E-state index contributed by atoms with van der Waals surface area (Å²) in [7, 11) is 0. The van der Waals surface area contributed by atoms with Crippen molar-refractivity contribution in [1.29, 1.82) is 0 Å². The molecule has 1 atom stereocenters.